The molecular formula is C46H53N5O5. The minimum absolute atomic E-state index is 0.0523. The largest absolute Gasteiger partial charge is 0.505 e. The van der Waals surface area contributed by atoms with Crippen LogP contribution in [0.4, 0.5) is 5.69 Å². The van der Waals surface area contributed by atoms with E-state index in [0.29, 0.717) is 47.8 Å². The first-order valence-electron chi connectivity index (χ1n) is 19.6. The van der Waals surface area contributed by atoms with Crippen LogP contribution in [0.2, 0.25) is 0 Å². The molecule has 2 aromatic heterocycles. The SMILES string of the molecule is CCCC(O)NC(c1ccc(OC)c(CCCCC(=O)NC(c2ccc(N(CC)CC)cc2)c2ccc3cccnc3c2O)c1)c1ccc2cccnc2c1O. The molecule has 0 aliphatic heterocycles. The van der Waals surface area contributed by atoms with Crippen molar-refractivity contribution in [2.45, 2.75) is 77.6 Å². The number of hydrogen-bond acceptors (Lipinski definition) is 9. The summed E-state index contributed by atoms with van der Waals surface area (Å²) < 4.78 is 5.75. The second-order valence-electron chi connectivity index (χ2n) is 14.1. The number of aromatic hydroxyl groups is 2. The maximum atomic E-state index is 13.7. The van der Waals surface area contributed by atoms with Crippen molar-refractivity contribution in [3.8, 4) is 17.2 Å². The number of unbranched alkanes of at least 4 members (excludes halogenated alkanes) is 1. The third-order valence-electron chi connectivity index (χ3n) is 10.5. The summed E-state index contributed by atoms with van der Waals surface area (Å²) in [5.74, 6) is 0.721. The van der Waals surface area contributed by atoms with E-state index >= 15 is 0 Å². The van der Waals surface area contributed by atoms with Crippen molar-refractivity contribution in [2.75, 3.05) is 25.1 Å². The summed E-state index contributed by atoms with van der Waals surface area (Å²) in [6.45, 7) is 8.02. The zero-order valence-corrected chi connectivity index (χ0v) is 32.7. The number of aliphatic hydroxyl groups is 1. The zero-order valence-electron chi connectivity index (χ0n) is 32.7. The molecule has 292 valence electrons. The van der Waals surface area contributed by atoms with Gasteiger partial charge in [-0.3, -0.25) is 20.1 Å². The summed E-state index contributed by atoms with van der Waals surface area (Å²) in [5.41, 5.74) is 5.97. The van der Waals surface area contributed by atoms with Crippen LogP contribution in [-0.4, -0.2) is 57.6 Å². The van der Waals surface area contributed by atoms with Gasteiger partial charge in [0.15, 0.2) is 0 Å². The summed E-state index contributed by atoms with van der Waals surface area (Å²) in [4.78, 5) is 24.8. The number of phenols is 2. The molecule has 6 aromatic rings. The van der Waals surface area contributed by atoms with Crippen molar-refractivity contribution in [3.05, 3.63) is 131 Å². The molecule has 0 aliphatic rings. The van der Waals surface area contributed by atoms with Gasteiger partial charge >= 0.3 is 0 Å². The van der Waals surface area contributed by atoms with E-state index in [1.165, 1.54) is 0 Å². The number of methoxy groups -OCH3 is 1. The zero-order chi connectivity index (χ0) is 39.6. The number of ether oxygens (including phenoxy) is 1. The van der Waals surface area contributed by atoms with Crippen LogP contribution in [0.25, 0.3) is 21.8 Å². The Morgan fingerprint density at radius 2 is 1.38 bits per heavy atom. The Morgan fingerprint density at radius 3 is 1.96 bits per heavy atom. The molecule has 0 saturated carbocycles. The van der Waals surface area contributed by atoms with Gasteiger partial charge in [0.25, 0.3) is 0 Å². The second kappa shape index (κ2) is 18.8. The van der Waals surface area contributed by atoms with Crippen molar-refractivity contribution in [3.63, 3.8) is 0 Å². The number of aryl methyl sites for hydroxylation is 1. The van der Waals surface area contributed by atoms with Crippen molar-refractivity contribution >= 4 is 33.4 Å². The number of nitrogens with one attached hydrogen (secondary N) is 2. The Balaban J connectivity index is 1.19. The van der Waals surface area contributed by atoms with Gasteiger partial charge in [-0.05, 0) is 86.6 Å². The van der Waals surface area contributed by atoms with E-state index < -0.39 is 18.3 Å². The van der Waals surface area contributed by atoms with E-state index in [1.807, 2.05) is 85.8 Å². The van der Waals surface area contributed by atoms with Gasteiger partial charge in [0.2, 0.25) is 5.91 Å². The standard InChI is InChI=1S/C46H53N5O5/c1-5-12-39(52)49-42(37-25-20-31-15-11-28-48-44(31)46(37)55)34-21-26-38(56-4)33(29-34)13-8-9-16-40(53)50-41(32-17-22-35(23-18-32)51(6-2)7-3)36-24-19-30-14-10-27-47-43(30)45(36)54/h10-11,14-15,17-29,39,41-42,49,52,54-55H,5-9,12-13,16H2,1-4H3,(H,50,53). The highest BCUT2D eigenvalue weighted by Crippen LogP contribution is 2.38. The quantitative estimate of drug-likeness (QED) is 0.0432. The van der Waals surface area contributed by atoms with E-state index in [2.05, 4.69) is 51.5 Å². The topological polar surface area (TPSA) is 140 Å². The molecular weight excluding hydrogens is 703 g/mol. The molecule has 0 saturated heterocycles. The lowest BCUT2D eigenvalue weighted by Crippen LogP contribution is -2.33. The minimum Gasteiger partial charge on any atom is -0.505 e. The Morgan fingerprint density at radius 1 is 0.768 bits per heavy atom. The fourth-order valence-electron chi connectivity index (χ4n) is 7.49. The molecule has 56 heavy (non-hydrogen) atoms. The van der Waals surface area contributed by atoms with Crippen molar-refractivity contribution in [2.24, 2.45) is 0 Å². The molecule has 10 nitrogen and oxygen atoms in total. The molecule has 10 heteroatoms. The van der Waals surface area contributed by atoms with Crippen LogP contribution < -0.4 is 20.3 Å². The number of carbonyl (C=O) groups excluding carboxylic acids is 1. The number of aromatic nitrogens is 2. The van der Waals surface area contributed by atoms with Crippen LogP contribution >= 0.6 is 0 Å². The highest BCUT2D eigenvalue weighted by Gasteiger charge is 2.25. The monoisotopic (exact) mass is 755 g/mol. The molecule has 0 aliphatic carbocycles. The smallest absolute Gasteiger partial charge is 0.220 e. The first-order chi connectivity index (χ1) is 27.3. The summed E-state index contributed by atoms with van der Waals surface area (Å²) >= 11 is 0. The van der Waals surface area contributed by atoms with Crippen LogP contribution in [-0.2, 0) is 11.2 Å². The number of hydrogen-bond donors (Lipinski definition) is 5. The molecule has 4 aromatic carbocycles. The van der Waals surface area contributed by atoms with Crippen molar-refractivity contribution in [1.82, 2.24) is 20.6 Å². The molecule has 1 amide bonds. The third-order valence-corrected chi connectivity index (χ3v) is 10.5. The number of aliphatic hydroxyl groups excluding tert-OH is 1. The summed E-state index contributed by atoms with van der Waals surface area (Å²) in [5, 5.41) is 41.8. The summed E-state index contributed by atoms with van der Waals surface area (Å²) in [6, 6.07) is 28.0. The van der Waals surface area contributed by atoms with Crippen LogP contribution in [0.1, 0.15) is 92.8 Å². The van der Waals surface area contributed by atoms with E-state index in [0.717, 1.165) is 58.4 Å². The van der Waals surface area contributed by atoms with E-state index in [-0.39, 0.29) is 23.8 Å². The lowest BCUT2D eigenvalue weighted by Gasteiger charge is -2.25. The van der Waals surface area contributed by atoms with Crippen molar-refractivity contribution in [1.29, 1.82) is 0 Å². The fraction of sp³-hybridized carbons (Fsp3) is 0.326. The Hall–Kier alpha value is -5.71. The molecule has 0 radical (unpaired) electrons. The van der Waals surface area contributed by atoms with E-state index in [9.17, 15) is 20.1 Å². The lowest BCUT2D eigenvalue weighted by atomic mass is 9.93. The predicted molar refractivity (Wildman–Crippen MR) is 223 cm³/mol. The van der Waals surface area contributed by atoms with Gasteiger partial charge in [0, 0.05) is 59.5 Å². The van der Waals surface area contributed by atoms with Crippen LogP contribution in [0.3, 0.4) is 0 Å². The molecule has 3 atom stereocenters. The van der Waals surface area contributed by atoms with E-state index in [4.69, 9.17) is 4.74 Å². The number of phenolic OH excluding ortho intramolecular Hbond substituents is 2. The van der Waals surface area contributed by atoms with Crippen LogP contribution in [0, 0.1) is 0 Å². The number of amides is 1. The average Bonchev–Trinajstić information content (AvgIpc) is 3.22. The number of rotatable bonds is 18. The maximum absolute atomic E-state index is 13.7. The van der Waals surface area contributed by atoms with Gasteiger partial charge in [0.1, 0.15) is 34.5 Å². The number of carbonyl (C=O) groups is 1. The molecule has 3 unspecified atom stereocenters. The van der Waals surface area contributed by atoms with Gasteiger partial charge in [-0.1, -0.05) is 74.0 Å². The average molecular weight is 756 g/mol. The van der Waals surface area contributed by atoms with Gasteiger partial charge in [-0.15, -0.1) is 0 Å². The highest BCUT2D eigenvalue weighted by atomic mass is 16.5. The molecule has 0 spiro atoms. The van der Waals surface area contributed by atoms with Crippen LogP contribution in [0.5, 0.6) is 17.2 Å². The predicted octanol–water partition coefficient (Wildman–Crippen LogP) is 8.47. The Labute approximate surface area is 329 Å². The molecule has 5 N–H and O–H groups in total. The number of pyridine rings is 2. The van der Waals surface area contributed by atoms with Crippen LogP contribution in [0.15, 0.2) is 103 Å². The Kier molecular flexibility index (Phi) is 13.4. The fourth-order valence-corrected chi connectivity index (χ4v) is 7.49. The number of fused-ring (bicyclic) bond motifs is 2. The molecule has 0 fully saturated rings. The molecule has 2 heterocycles. The minimum atomic E-state index is -0.787. The summed E-state index contributed by atoms with van der Waals surface area (Å²) in [7, 11) is 1.64. The highest BCUT2D eigenvalue weighted by molar-refractivity contribution is 5.87. The molecule has 6 rings (SSSR count). The van der Waals surface area contributed by atoms with Gasteiger partial charge in [-0.25, -0.2) is 0 Å². The number of anilines is 1. The summed E-state index contributed by atoms with van der Waals surface area (Å²) in [6.07, 6.45) is 6.12. The number of nitrogens with zero attached hydrogens (tertiary/aromatic N) is 3. The first kappa shape index (κ1) is 40.0. The van der Waals surface area contributed by atoms with Crippen molar-refractivity contribution < 1.29 is 24.9 Å². The second-order valence-corrected chi connectivity index (χ2v) is 14.1. The maximum Gasteiger partial charge on any atom is 0.220 e. The Bertz CT molecular complexity index is 2240. The molecule has 0 bridgehead atoms. The number of benzene rings is 4. The third kappa shape index (κ3) is 9.04. The lowest BCUT2D eigenvalue weighted by molar-refractivity contribution is -0.121. The van der Waals surface area contributed by atoms with Gasteiger partial charge in [0.05, 0.1) is 19.2 Å². The first-order valence-corrected chi connectivity index (χ1v) is 19.6. The van der Waals surface area contributed by atoms with Gasteiger partial charge in [-0.2, -0.15) is 0 Å². The normalized spacial score (nSPS) is 13.0. The van der Waals surface area contributed by atoms with Gasteiger partial charge < -0.3 is 30.3 Å². The van der Waals surface area contributed by atoms with E-state index in [1.54, 1.807) is 19.5 Å².